The maximum Gasteiger partial charge on any atom is 0.0561 e. The third-order valence-corrected chi connectivity index (χ3v) is 11.9. The Labute approximate surface area is 300 Å². The van der Waals surface area contributed by atoms with Gasteiger partial charge in [-0.3, -0.25) is 0 Å². The number of benzene rings is 6. The van der Waals surface area contributed by atoms with Gasteiger partial charge in [0, 0.05) is 50.4 Å². The minimum atomic E-state index is -0.0377. The van der Waals surface area contributed by atoms with E-state index in [2.05, 4.69) is 189 Å². The standard InChI is InChI=1S/C48H41N3/c1-47(2)41-16-10-8-14-35(41)37-22-18-30(26-43(37)47)49-32-20-24-39-40-25-21-33(29-46(40)51(45(39)28-32)34-12-6-5-7-13-34)50-31-19-23-38-36-15-9-11-17-42(36)48(3,4)44(38)27-31/h5-26,28-29,31,49-50H,27H2,1-4H3. The van der Waals surface area contributed by atoms with E-state index in [1.807, 2.05) is 0 Å². The fraction of sp³-hybridized carbons (Fsp3) is 0.167. The van der Waals surface area contributed by atoms with Gasteiger partial charge >= 0.3 is 0 Å². The largest absolute Gasteiger partial charge is 0.378 e. The van der Waals surface area contributed by atoms with Gasteiger partial charge in [-0.05, 0) is 99.5 Å². The average molecular weight is 660 g/mol. The molecule has 0 radical (unpaired) electrons. The minimum Gasteiger partial charge on any atom is -0.378 e. The van der Waals surface area contributed by atoms with E-state index in [4.69, 9.17) is 0 Å². The first-order chi connectivity index (χ1) is 24.8. The molecule has 0 spiro atoms. The predicted molar refractivity (Wildman–Crippen MR) is 216 cm³/mol. The molecule has 7 aromatic rings. The Kier molecular flexibility index (Phi) is 6.39. The lowest BCUT2D eigenvalue weighted by atomic mass is 9.77. The van der Waals surface area contributed by atoms with Crippen molar-refractivity contribution in [2.45, 2.75) is 51.0 Å². The molecule has 3 aliphatic rings. The van der Waals surface area contributed by atoms with E-state index in [1.54, 1.807) is 0 Å². The zero-order valence-electron chi connectivity index (χ0n) is 29.6. The van der Waals surface area contributed by atoms with Gasteiger partial charge in [-0.15, -0.1) is 0 Å². The second kappa shape index (κ2) is 10.8. The SMILES string of the molecule is CC1(C)C2=C(C=CC(Nc3ccc4c5ccc(Nc6ccc7c(c6)C(C)(C)c6ccccc6-7)cc5n(-c5ccccc5)c4c3)C2)c2ccccc21. The van der Waals surface area contributed by atoms with Crippen molar-refractivity contribution in [1.29, 1.82) is 0 Å². The van der Waals surface area contributed by atoms with Crippen molar-refractivity contribution in [1.82, 2.24) is 4.57 Å². The molecule has 0 amide bonds. The van der Waals surface area contributed by atoms with Gasteiger partial charge in [-0.1, -0.05) is 125 Å². The second-order valence-electron chi connectivity index (χ2n) is 15.6. The van der Waals surface area contributed by atoms with Crippen LogP contribution in [0.25, 0.3) is 44.2 Å². The molecule has 1 atom stereocenters. The summed E-state index contributed by atoms with van der Waals surface area (Å²) < 4.78 is 2.41. The maximum atomic E-state index is 3.90. The average Bonchev–Trinajstić information content (AvgIpc) is 3.68. The monoisotopic (exact) mass is 659 g/mol. The summed E-state index contributed by atoms with van der Waals surface area (Å²) in [6.07, 6.45) is 5.69. The molecule has 0 saturated heterocycles. The van der Waals surface area contributed by atoms with E-state index < -0.39 is 0 Å². The molecule has 248 valence electrons. The van der Waals surface area contributed by atoms with Crippen molar-refractivity contribution < 1.29 is 0 Å². The van der Waals surface area contributed by atoms with Crippen molar-refractivity contribution in [3.8, 4) is 16.8 Å². The number of allylic oxidation sites excluding steroid dienone is 2. The predicted octanol–water partition coefficient (Wildman–Crippen LogP) is 12.3. The summed E-state index contributed by atoms with van der Waals surface area (Å²) in [5.74, 6) is 0. The highest BCUT2D eigenvalue weighted by Crippen LogP contribution is 2.51. The second-order valence-corrected chi connectivity index (χ2v) is 15.6. The van der Waals surface area contributed by atoms with Gasteiger partial charge in [0.25, 0.3) is 0 Å². The van der Waals surface area contributed by atoms with Crippen molar-refractivity contribution in [2.75, 3.05) is 10.6 Å². The van der Waals surface area contributed by atoms with Crippen LogP contribution in [0.5, 0.6) is 0 Å². The first kappa shape index (κ1) is 30.1. The molecule has 0 bridgehead atoms. The molecular weight excluding hydrogens is 619 g/mol. The number of nitrogens with zero attached hydrogens (tertiary/aromatic N) is 1. The van der Waals surface area contributed by atoms with Gasteiger partial charge < -0.3 is 15.2 Å². The molecule has 51 heavy (non-hydrogen) atoms. The smallest absolute Gasteiger partial charge is 0.0561 e. The number of hydrogen-bond acceptors (Lipinski definition) is 2. The Bertz CT molecular complexity index is 2610. The number of rotatable bonds is 5. The molecule has 2 N–H and O–H groups in total. The van der Waals surface area contributed by atoms with Gasteiger partial charge in [0.05, 0.1) is 11.0 Å². The highest BCUT2D eigenvalue weighted by atomic mass is 15.0. The third-order valence-electron chi connectivity index (χ3n) is 11.9. The van der Waals surface area contributed by atoms with Crippen molar-refractivity contribution in [3.63, 3.8) is 0 Å². The summed E-state index contributed by atoms with van der Waals surface area (Å²) >= 11 is 0. The topological polar surface area (TPSA) is 29.0 Å². The quantitative estimate of drug-likeness (QED) is 0.193. The van der Waals surface area contributed by atoms with E-state index in [0.717, 1.165) is 29.2 Å². The highest BCUT2D eigenvalue weighted by molar-refractivity contribution is 6.11. The molecule has 0 aliphatic heterocycles. The van der Waals surface area contributed by atoms with Gasteiger partial charge in [0.2, 0.25) is 0 Å². The third kappa shape index (κ3) is 4.50. The molecule has 10 rings (SSSR count). The van der Waals surface area contributed by atoms with Crippen molar-refractivity contribution >= 4 is 44.4 Å². The maximum absolute atomic E-state index is 3.90. The van der Waals surface area contributed by atoms with Gasteiger partial charge in [0.15, 0.2) is 0 Å². The number of fused-ring (bicyclic) bond motifs is 8. The molecule has 0 saturated carbocycles. The summed E-state index contributed by atoms with van der Waals surface area (Å²) in [6.45, 7) is 9.43. The molecule has 1 heterocycles. The van der Waals surface area contributed by atoms with Gasteiger partial charge in [-0.2, -0.15) is 0 Å². The summed E-state index contributed by atoms with van der Waals surface area (Å²) in [6, 6.07) is 49.2. The van der Waals surface area contributed by atoms with Crippen LogP contribution < -0.4 is 10.6 Å². The van der Waals surface area contributed by atoms with Crippen molar-refractivity contribution in [2.24, 2.45) is 0 Å². The zero-order valence-corrected chi connectivity index (χ0v) is 29.6. The first-order valence-electron chi connectivity index (χ1n) is 18.2. The van der Waals surface area contributed by atoms with Crippen LogP contribution in [-0.2, 0) is 10.8 Å². The molecule has 3 heteroatoms. The van der Waals surface area contributed by atoms with Crippen LogP contribution in [0.3, 0.4) is 0 Å². The number of nitrogens with one attached hydrogen (secondary N) is 2. The Hall–Kier alpha value is -5.80. The molecule has 1 aromatic heterocycles. The lowest BCUT2D eigenvalue weighted by molar-refractivity contribution is 0.596. The molecule has 1 unspecified atom stereocenters. The van der Waals surface area contributed by atoms with Crippen molar-refractivity contribution in [3.05, 3.63) is 173 Å². The lowest BCUT2D eigenvalue weighted by Gasteiger charge is -2.29. The molecule has 0 fully saturated rings. The molecule has 3 aliphatic carbocycles. The number of anilines is 3. The zero-order chi connectivity index (χ0) is 34.5. The number of hydrogen-bond donors (Lipinski definition) is 2. The Morgan fingerprint density at radius 3 is 1.90 bits per heavy atom. The van der Waals surface area contributed by atoms with Crippen LogP contribution in [0.15, 0.2) is 151 Å². The van der Waals surface area contributed by atoms with Crippen LogP contribution in [0.4, 0.5) is 17.1 Å². The lowest BCUT2D eigenvalue weighted by Crippen LogP contribution is -2.26. The summed E-state index contributed by atoms with van der Waals surface area (Å²) in [4.78, 5) is 0. The van der Waals surface area contributed by atoms with Crippen LogP contribution in [0.1, 0.15) is 56.4 Å². The fourth-order valence-electron chi connectivity index (χ4n) is 9.28. The van der Waals surface area contributed by atoms with Crippen LogP contribution in [-0.4, -0.2) is 10.6 Å². The number of para-hydroxylation sites is 1. The Morgan fingerprint density at radius 1 is 0.549 bits per heavy atom. The number of aromatic nitrogens is 1. The fourth-order valence-corrected chi connectivity index (χ4v) is 9.28. The van der Waals surface area contributed by atoms with E-state index in [-0.39, 0.29) is 16.9 Å². The Morgan fingerprint density at radius 2 is 1.14 bits per heavy atom. The van der Waals surface area contributed by atoms with E-state index in [0.29, 0.717) is 0 Å². The molecular formula is C48H41N3. The summed E-state index contributed by atoms with van der Waals surface area (Å²) in [5, 5.41) is 10.2. The van der Waals surface area contributed by atoms with E-state index >= 15 is 0 Å². The van der Waals surface area contributed by atoms with Crippen LogP contribution in [0, 0.1) is 0 Å². The summed E-state index contributed by atoms with van der Waals surface area (Å²) in [5.41, 5.74) is 18.1. The van der Waals surface area contributed by atoms with Gasteiger partial charge in [0.1, 0.15) is 0 Å². The van der Waals surface area contributed by atoms with E-state index in [9.17, 15) is 0 Å². The van der Waals surface area contributed by atoms with Crippen LogP contribution >= 0.6 is 0 Å². The summed E-state index contributed by atoms with van der Waals surface area (Å²) in [7, 11) is 0. The van der Waals surface area contributed by atoms with E-state index in [1.165, 1.54) is 66.3 Å². The van der Waals surface area contributed by atoms with Gasteiger partial charge in [-0.25, -0.2) is 0 Å². The molecule has 3 nitrogen and oxygen atoms in total. The highest BCUT2D eigenvalue weighted by Gasteiger charge is 2.39. The normalized spacial score (nSPS) is 17.7. The minimum absolute atomic E-state index is 0.0348. The van der Waals surface area contributed by atoms with Crippen LogP contribution in [0.2, 0.25) is 0 Å². The molecule has 6 aromatic carbocycles. The first-order valence-corrected chi connectivity index (χ1v) is 18.2. The Balaban J connectivity index is 1.00.